The summed E-state index contributed by atoms with van der Waals surface area (Å²) >= 11 is 5.82. The monoisotopic (exact) mass is 295 g/mol. The Morgan fingerprint density at radius 3 is 2.65 bits per heavy atom. The Morgan fingerprint density at radius 1 is 1.20 bits per heavy atom. The van der Waals surface area contributed by atoms with Crippen LogP contribution in [0.4, 0.5) is 22.0 Å². The Bertz CT molecular complexity index is 605. The molecule has 0 radical (unpaired) electrons. The number of rotatable bonds is 5. The molecule has 0 fully saturated rings. The molecule has 2 rings (SSSR count). The average Bonchev–Trinajstić information content (AvgIpc) is 2.39. The van der Waals surface area contributed by atoms with Crippen LogP contribution in [-0.2, 0) is 0 Å². The van der Waals surface area contributed by atoms with Gasteiger partial charge >= 0.3 is 0 Å². The lowest BCUT2D eigenvalue weighted by molar-refractivity contribution is 0.630. The molecule has 2 aromatic rings. The molecule has 0 atom stereocenters. The van der Waals surface area contributed by atoms with Crippen LogP contribution in [0.3, 0.4) is 0 Å². The number of aromatic nitrogens is 3. The van der Waals surface area contributed by atoms with E-state index in [0.717, 1.165) is 18.5 Å². The fourth-order valence-electron chi connectivity index (χ4n) is 1.56. The molecule has 106 valence electrons. The third-order valence-electron chi connectivity index (χ3n) is 2.51. The third kappa shape index (κ3) is 3.77. The highest BCUT2D eigenvalue weighted by atomic mass is 35.5. The zero-order chi connectivity index (χ0) is 14.5. The largest absolute Gasteiger partial charge is 0.354 e. The smallest absolute Gasteiger partial charge is 0.233 e. The van der Waals surface area contributed by atoms with Gasteiger partial charge in [-0.05, 0) is 42.6 Å². The predicted octanol–water partition coefficient (Wildman–Crippen LogP) is 3.54. The van der Waals surface area contributed by atoms with Crippen LogP contribution in [0.25, 0.3) is 0 Å². The number of hydrogen-bond donors (Lipinski definition) is 2. The lowest BCUT2D eigenvalue weighted by Crippen LogP contribution is -2.08. The van der Waals surface area contributed by atoms with Crippen molar-refractivity contribution in [2.45, 2.75) is 20.3 Å². The van der Waals surface area contributed by atoms with Crippen LogP contribution in [0.5, 0.6) is 0 Å². The molecule has 0 amide bonds. The van der Waals surface area contributed by atoms with Gasteiger partial charge in [0.25, 0.3) is 0 Å². The van der Waals surface area contributed by atoms with Crippen molar-refractivity contribution in [3.8, 4) is 0 Å². The summed E-state index contributed by atoms with van der Waals surface area (Å²) in [7, 11) is 0. The second kappa shape index (κ2) is 6.47. The Labute approximate surface area is 121 Å². The summed E-state index contributed by atoms with van der Waals surface area (Å²) in [5, 5.41) is 5.85. The Morgan fingerprint density at radius 2 is 1.95 bits per heavy atom. The number of nitrogens with zero attached hydrogens (tertiary/aromatic N) is 3. The molecule has 0 aliphatic heterocycles. The number of aryl methyl sites for hydroxylation is 1. The van der Waals surface area contributed by atoms with Crippen molar-refractivity contribution >= 4 is 29.2 Å². The molecule has 0 saturated heterocycles. The minimum absolute atomic E-state index is 0.0497. The van der Waals surface area contributed by atoms with Crippen LogP contribution in [0.1, 0.15) is 18.9 Å². The van der Waals surface area contributed by atoms with Gasteiger partial charge in [0.15, 0.2) is 0 Å². The topological polar surface area (TPSA) is 62.7 Å². The van der Waals surface area contributed by atoms with Crippen LogP contribution >= 0.6 is 11.6 Å². The van der Waals surface area contributed by atoms with Gasteiger partial charge in [0.05, 0.1) is 5.69 Å². The van der Waals surface area contributed by atoms with Gasteiger partial charge in [-0.3, -0.25) is 0 Å². The van der Waals surface area contributed by atoms with E-state index >= 15 is 0 Å². The van der Waals surface area contributed by atoms with Crippen LogP contribution in [-0.4, -0.2) is 21.5 Å². The first-order valence-corrected chi connectivity index (χ1v) is 6.65. The highest BCUT2D eigenvalue weighted by molar-refractivity contribution is 6.28. The van der Waals surface area contributed by atoms with Crippen molar-refractivity contribution in [2.24, 2.45) is 0 Å². The SMILES string of the molecule is CCCNc1nc(Cl)nc(Nc2ccc(C)cc2F)n1. The van der Waals surface area contributed by atoms with E-state index in [9.17, 15) is 4.39 Å². The highest BCUT2D eigenvalue weighted by Gasteiger charge is 2.08. The summed E-state index contributed by atoms with van der Waals surface area (Å²) in [4.78, 5) is 12.0. The maximum atomic E-state index is 13.8. The molecule has 0 unspecified atom stereocenters. The van der Waals surface area contributed by atoms with E-state index in [-0.39, 0.29) is 17.0 Å². The van der Waals surface area contributed by atoms with Gasteiger partial charge in [-0.1, -0.05) is 13.0 Å². The standard InChI is InChI=1S/C13H15ClFN5/c1-3-6-16-12-18-11(14)19-13(20-12)17-10-5-4-8(2)7-9(10)15/h4-5,7H,3,6H2,1-2H3,(H2,16,17,18,19,20). The van der Waals surface area contributed by atoms with Crippen molar-refractivity contribution < 1.29 is 4.39 Å². The number of halogens is 2. The molecule has 7 heteroatoms. The van der Waals surface area contributed by atoms with Crippen molar-refractivity contribution in [1.82, 2.24) is 15.0 Å². The van der Waals surface area contributed by atoms with Gasteiger partial charge in [0.1, 0.15) is 5.82 Å². The number of hydrogen-bond acceptors (Lipinski definition) is 5. The average molecular weight is 296 g/mol. The molecule has 1 aromatic heterocycles. The van der Waals surface area contributed by atoms with E-state index in [0.29, 0.717) is 11.6 Å². The van der Waals surface area contributed by atoms with Gasteiger partial charge in [-0.15, -0.1) is 0 Å². The molecule has 20 heavy (non-hydrogen) atoms. The Kier molecular flexibility index (Phi) is 4.68. The van der Waals surface area contributed by atoms with Gasteiger partial charge in [-0.25, -0.2) is 4.39 Å². The molecule has 0 aliphatic rings. The molecule has 0 saturated carbocycles. The first-order valence-electron chi connectivity index (χ1n) is 6.27. The normalized spacial score (nSPS) is 10.4. The molecule has 1 heterocycles. The lowest BCUT2D eigenvalue weighted by Gasteiger charge is -2.09. The fraction of sp³-hybridized carbons (Fsp3) is 0.308. The van der Waals surface area contributed by atoms with Gasteiger partial charge in [-0.2, -0.15) is 15.0 Å². The first-order chi connectivity index (χ1) is 9.58. The van der Waals surface area contributed by atoms with E-state index < -0.39 is 0 Å². The lowest BCUT2D eigenvalue weighted by atomic mass is 10.2. The van der Waals surface area contributed by atoms with Crippen LogP contribution in [0, 0.1) is 12.7 Å². The summed E-state index contributed by atoms with van der Waals surface area (Å²) in [5.41, 5.74) is 1.13. The zero-order valence-electron chi connectivity index (χ0n) is 11.2. The first kappa shape index (κ1) is 14.5. The number of nitrogens with one attached hydrogen (secondary N) is 2. The minimum atomic E-state index is -0.371. The summed E-state index contributed by atoms with van der Waals surface area (Å²) in [6.45, 7) is 4.56. The summed E-state index contributed by atoms with van der Waals surface area (Å²) in [6.07, 6.45) is 0.929. The van der Waals surface area contributed by atoms with Gasteiger partial charge in [0.2, 0.25) is 17.2 Å². The molecule has 0 bridgehead atoms. The number of benzene rings is 1. The molecular weight excluding hydrogens is 281 g/mol. The van der Waals surface area contributed by atoms with E-state index in [4.69, 9.17) is 11.6 Å². The van der Waals surface area contributed by atoms with E-state index in [2.05, 4.69) is 25.6 Å². The molecule has 5 nitrogen and oxygen atoms in total. The van der Waals surface area contributed by atoms with Crippen molar-refractivity contribution in [2.75, 3.05) is 17.2 Å². The second-order valence-corrected chi connectivity index (χ2v) is 4.62. The quantitative estimate of drug-likeness (QED) is 0.883. The van der Waals surface area contributed by atoms with Gasteiger partial charge < -0.3 is 10.6 Å². The molecule has 2 N–H and O–H groups in total. The maximum absolute atomic E-state index is 13.8. The zero-order valence-corrected chi connectivity index (χ0v) is 12.0. The summed E-state index contributed by atoms with van der Waals surface area (Å²) in [5.74, 6) is 0.192. The molecular formula is C13H15ClFN5. The fourth-order valence-corrected chi connectivity index (χ4v) is 1.72. The van der Waals surface area contributed by atoms with E-state index in [1.807, 2.05) is 13.8 Å². The van der Waals surface area contributed by atoms with Crippen LogP contribution in [0.2, 0.25) is 5.28 Å². The Balaban J connectivity index is 2.21. The van der Waals surface area contributed by atoms with E-state index in [1.165, 1.54) is 6.07 Å². The van der Waals surface area contributed by atoms with Gasteiger partial charge in [0, 0.05) is 6.54 Å². The summed E-state index contributed by atoms with van der Waals surface area (Å²) < 4.78 is 13.8. The van der Waals surface area contributed by atoms with E-state index in [1.54, 1.807) is 12.1 Å². The summed E-state index contributed by atoms with van der Waals surface area (Å²) in [6, 6.07) is 4.85. The molecule has 1 aromatic carbocycles. The van der Waals surface area contributed by atoms with Crippen LogP contribution in [0.15, 0.2) is 18.2 Å². The molecule has 0 aliphatic carbocycles. The predicted molar refractivity (Wildman–Crippen MR) is 78.0 cm³/mol. The second-order valence-electron chi connectivity index (χ2n) is 4.29. The van der Waals surface area contributed by atoms with Crippen LogP contribution < -0.4 is 10.6 Å². The van der Waals surface area contributed by atoms with Crippen molar-refractivity contribution in [3.05, 3.63) is 34.9 Å². The van der Waals surface area contributed by atoms with Crippen molar-refractivity contribution in [3.63, 3.8) is 0 Å². The minimum Gasteiger partial charge on any atom is -0.354 e. The highest BCUT2D eigenvalue weighted by Crippen LogP contribution is 2.20. The maximum Gasteiger partial charge on any atom is 0.233 e. The molecule has 0 spiro atoms. The Hall–Kier alpha value is -1.95. The number of anilines is 3. The third-order valence-corrected chi connectivity index (χ3v) is 2.68. The van der Waals surface area contributed by atoms with Crippen molar-refractivity contribution in [1.29, 1.82) is 0 Å².